The minimum Gasteiger partial charge on any atom is -0.463 e. The number of aromatic nitrogens is 2. The summed E-state index contributed by atoms with van der Waals surface area (Å²) >= 11 is 0. The molecule has 2 saturated heterocycles. The summed E-state index contributed by atoms with van der Waals surface area (Å²) in [6.07, 6.45) is 3.40. The summed E-state index contributed by atoms with van der Waals surface area (Å²) in [4.78, 5) is 92.0. The van der Waals surface area contributed by atoms with Crippen LogP contribution in [0.5, 0.6) is 0 Å². The number of H-pyrrole nitrogens is 1. The first-order chi connectivity index (χ1) is 32.8. The van der Waals surface area contributed by atoms with Crippen LogP contribution in [-0.4, -0.2) is 86.6 Å². The summed E-state index contributed by atoms with van der Waals surface area (Å²) in [6, 6.07) is 32.1. The fourth-order valence-corrected chi connectivity index (χ4v) is 9.26. The van der Waals surface area contributed by atoms with Gasteiger partial charge < -0.3 is 34.0 Å². The van der Waals surface area contributed by atoms with Crippen LogP contribution in [0.1, 0.15) is 117 Å². The zero-order chi connectivity index (χ0) is 47.9. The van der Waals surface area contributed by atoms with Crippen LogP contribution < -0.4 is 5.32 Å². The number of benzene rings is 4. The van der Waals surface area contributed by atoms with Gasteiger partial charge in [0, 0.05) is 36.1 Å². The van der Waals surface area contributed by atoms with Gasteiger partial charge in [-0.3, -0.25) is 28.8 Å². The van der Waals surface area contributed by atoms with Crippen molar-refractivity contribution in [3.8, 4) is 11.3 Å². The van der Waals surface area contributed by atoms with Crippen LogP contribution in [-0.2, 0) is 39.9 Å². The minimum atomic E-state index is -0.774. The van der Waals surface area contributed by atoms with Crippen molar-refractivity contribution in [2.45, 2.75) is 109 Å². The number of furan rings is 1. The van der Waals surface area contributed by atoms with E-state index in [0.29, 0.717) is 66.5 Å². The van der Waals surface area contributed by atoms with Crippen LogP contribution in [0.3, 0.4) is 0 Å². The lowest BCUT2D eigenvalue weighted by atomic mass is 9.93. The molecule has 0 saturated carbocycles. The van der Waals surface area contributed by atoms with Gasteiger partial charge in [0.15, 0.2) is 5.78 Å². The Morgan fingerprint density at radius 1 is 0.721 bits per heavy atom. The number of nitrogens with one attached hydrogen (secondary N) is 2. The Hall–Kier alpha value is -7.35. The van der Waals surface area contributed by atoms with Gasteiger partial charge >= 0.3 is 11.9 Å². The summed E-state index contributed by atoms with van der Waals surface area (Å²) in [5, 5.41) is 3.79. The number of ketones is 1. The monoisotopic (exact) mass is 919 g/mol. The molecule has 0 radical (unpaired) electrons. The van der Waals surface area contributed by atoms with Crippen LogP contribution >= 0.6 is 0 Å². The van der Waals surface area contributed by atoms with E-state index in [1.165, 1.54) is 6.20 Å². The molecule has 4 heterocycles. The second-order valence-corrected chi connectivity index (χ2v) is 18.1. The zero-order valence-electron chi connectivity index (χ0n) is 38.8. The highest BCUT2D eigenvalue weighted by atomic mass is 16.5. The normalized spacial score (nSPS) is 16.8. The van der Waals surface area contributed by atoms with Crippen molar-refractivity contribution in [1.29, 1.82) is 0 Å². The predicted octanol–water partition coefficient (Wildman–Crippen LogP) is 9.09. The average molecular weight is 920 g/mol. The van der Waals surface area contributed by atoms with E-state index in [0.717, 1.165) is 28.5 Å². The largest absolute Gasteiger partial charge is 0.463 e. The number of nitrogens with zero attached hydrogens (tertiary/aromatic N) is 3. The molecule has 2 aromatic heterocycles. The molecule has 14 heteroatoms. The number of rotatable bonds is 17. The lowest BCUT2D eigenvalue weighted by Gasteiger charge is -2.28. The third kappa shape index (κ3) is 11.1. The summed E-state index contributed by atoms with van der Waals surface area (Å²) in [5.41, 5.74) is 4.54. The first-order valence-corrected chi connectivity index (χ1v) is 23.4. The van der Waals surface area contributed by atoms with Gasteiger partial charge in [-0.2, -0.15) is 0 Å². The van der Waals surface area contributed by atoms with Crippen LogP contribution in [0.2, 0.25) is 0 Å². The van der Waals surface area contributed by atoms with E-state index in [1.807, 2.05) is 97.1 Å². The lowest BCUT2D eigenvalue weighted by Crippen LogP contribution is -2.45. The second-order valence-electron chi connectivity index (χ2n) is 18.1. The molecule has 4 atom stereocenters. The maximum Gasteiger partial charge on any atom is 0.307 e. The van der Waals surface area contributed by atoms with Gasteiger partial charge in [-0.25, -0.2) is 4.98 Å². The number of carbonyl (C=O) groups is 6. The fourth-order valence-electron chi connectivity index (χ4n) is 9.26. The molecule has 2 N–H and O–H groups in total. The van der Waals surface area contributed by atoms with E-state index in [2.05, 4.69) is 15.3 Å². The van der Waals surface area contributed by atoms with Gasteiger partial charge in [0.1, 0.15) is 28.9 Å². The number of imidazole rings is 1. The zero-order valence-corrected chi connectivity index (χ0v) is 38.8. The van der Waals surface area contributed by atoms with Crippen molar-refractivity contribution in [3.63, 3.8) is 0 Å². The van der Waals surface area contributed by atoms with Gasteiger partial charge in [0.2, 0.25) is 17.7 Å². The molecular weight excluding hydrogens is 863 g/mol. The standard InChI is InChI=1S/C54H57N5O9/c1-33(2)66-49(61)30-41(36-13-7-5-8-14-36)53(64)58-25-11-17-44(58)51-55-32-43(57-51)46(60)28-35-19-24-47-39(27-35)29-48(68-47)38-20-22-40(23-21-38)56-52(63)45-18-12-26-59(45)54(65)42(31-50(62)67-34(3)4)37-15-9-6-10-16-37/h5-10,13-16,19-24,27,29,32-34,41-42,44-45H,11-12,17-18,25-26,28,30-31H2,1-4H3,(H,55,57)(H,56,63)/t41-,42-,44+,45+/m1/s1. The molecule has 2 aliphatic heterocycles. The molecule has 0 aliphatic carbocycles. The Kier molecular flexibility index (Phi) is 14.6. The molecule has 352 valence electrons. The van der Waals surface area contributed by atoms with Crippen molar-refractivity contribution in [2.24, 2.45) is 0 Å². The molecule has 0 bridgehead atoms. The maximum absolute atomic E-state index is 14.1. The number of ether oxygens (including phenoxy) is 2. The fraction of sp³-hybridized carbons (Fsp3) is 0.352. The first kappa shape index (κ1) is 47.2. The number of aromatic amines is 1. The summed E-state index contributed by atoms with van der Waals surface area (Å²) in [5.74, 6) is -2.18. The van der Waals surface area contributed by atoms with Crippen LogP contribution in [0.4, 0.5) is 5.69 Å². The van der Waals surface area contributed by atoms with Gasteiger partial charge in [-0.1, -0.05) is 66.7 Å². The molecule has 3 amide bonds. The first-order valence-electron chi connectivity index (χ1n) is 23.4. The van der Waals surface area contributed by atoms with Crippen molar-refractivity contribution in [2.75, 3.05) is 18.4 Å². The number of hydrogen-bond acceptors (Lipinski definition) is 10. The third-order valence-electron chi connectivity index (χ3n) is 12.4. The van der Waals surface area contributed by atoms with Crippen LogP contribution in [0.15, 0.2) is 120 Å². The number of likely N-dealkylation sites (tertiary alicyclic amines) is 2. The Balaban J connectivity index is 0.891. The molecule has 2 aliphatic rings. The summed E-state index contributed by atoms with van der Waals surface area (Å²) in [6.45, 7) is 8.00. The molecule has 68 heavy (non-hydrogen) atoms. The second kappa shape index (κ2) is 21.1. The van der Waals surface area contributed by atoms with E-state index in [1.54, 1.807) is 49.6 Å². The third-order valence-corrected chi connectivity index (χ3v) is 12.4. The molecular formula is C54H57N5O9. The Labute approximate surface area is 395 Å². The number of anilines is 1. The van der Waals surface area contributed by atoms with Gasteiger partial charge in [0.05, 0.1) is 49.1 Å². The topological polar surface area (TPSA) is 181 Å². The maximum atomic E-state index is 14.1. The number of Topliss-reactive ketones (excluding diaryl/α,β-unsaturated/α-hetero) is 1. The van der Waals surface area contributed by atoms with E-state index in [-0.39, 0.29) is 61.0 Å². The number of carbonyl (C=O) groups excluding carboxylic acids is 6. The van der Waals surface area contributed by atoms with Crippen LogP contribution in [0, 0.1) is 0 Å². The highest BCUT2D eigenvalue weighted by molar-refractivity contribution is 5.99. The smallest absolute Gasteiger partial charge is 0.307 e. The number of fused-ring (bicyclic) bond motifs is 1. The van der Waals surface area contributed by atoms with Gasteiger partial charge in [-0.05, 0) is 113 Å². The highest BCUT2D eigenvalue weighted by Gasteiger charge is 2.40. The van der Waals surface area contributed by atoms with Gasteiger partial charge in [0.25, 0.3) is 0 Å². The van der Waals surface area contributed by atoms with E-state index in [9.17, 15) is 28.8 Å². The Morgan fingerprint density at radius 2 is 1.31 bits per heavy atom. The summed E-state index contributed by atoms with van der Waals surface area (Å²) in [7, 11) is 0. The molecule has 2 fully saturated rings. The van der Waals surface area contributed by atoms with E-state index >= 15 is 0 Å². The Morgan fingerprint density at radius 3 is 1.93 bits per heavy atom. The predicted molar refractivity (Wildman–Crippen MR) is 255 cm³/mol. The molecule has 0 spiro atoms. The summed E-state index contributed by atoms with van der Waals surface area (Å²) < 4.78 is 17.0. The molecule has 4 aromatic carbocycles. The Bertz CT molecular complexity index is 2760. The molecule has 14 nitrogen and oxygen atoms in total. The van der Waals surface area contributed by atoms with Crippen molar-refractivity contribution >= 4 is 52.1 Å². The van der Waals surface area contributed by atoms with Crippen molar-refractivity contribution in [3.05, 3.63) is 144 Å². The highest BCUT2D eigenvalue weighted by Crippen LogP contribution is 2.36. The van der Waals surface area contributed by atoms with Crippen LogP contribution in [0.25, 0.3) is 22.3 Å². The number of esters is 2. The quantitative estimate of drug-likeness (QED) is 0.0662. The number of amides is 3. The lowest BCUT2D eigenvalue weighted by molar-refractivity contribution is -0.151. The van der Waals surface area contributed by atoms with Crippen molar-refractivity contribution < 1.29 is 42.7 Å². The van der Waals surface area contributed by atoms with Gasteiger partial charge in [-0.15, -0.1) is 0 Å². The SMILES string of the molecule is CC(C)OC(=O)C[C@@H](C(=O)N1CCC[C@H]1C(=O)Nc1ccc(-c2cc3cc(CC(=O)c4cnc([C@@H]5CCCN5C(=O)[C@H](CC(=O)OC(C)C)c5ccccc5)[nH]4)ccc3o2)cc1)c1ccccc1. The van der Waals surface area contributed by atoms with E-state index < -0.39 is 29.8 Å². The molecule has 0 unspecified atom stereocenters. The van der Waals surface area contributed by atoms with Crippen molar-refractivity contribution in [1.82, 2.24) is 19.8 Å². The molecule has 8 rings (SSSR count). The average Bonchev–Trinajstić information content (AvgIpc) is 4.17. The minimum absolute atomic E-state index is 0.0786. The van der Waals surface area contributed by atoms with E-state index in [4.69, 9.17) is 13.9 Å². The number of hydrogen-bond donors (Lipinski definition) is 2. The molecule has 6 aromatic rings.